The first kappa shape index (κ1) is 14.9. The molecule has 0 unspecified atom stereocenters. The van der Waals surface area contributed by atoms with Crippen LogP contribution in [0.3, 0.4) is 0 Å². The molecular weight excluding hydrogens is 294 g/mol. The maximum Gasteiger partial charge on any atom is 0.267 e. The topological polar surface area (TPSA) is 38.4 Å². The average Bonchev–Trinajstić information content (AvgIpc) is 2.90. The third-order valence-corrected chi connectivity index (χ3v) is 4.65. The Hall–Kier alpha value is -2.68. The van der Waals surface area contributed by atoms with Gasteiger partial charge in [-0.25, -0.2) is 0 Å². The van der Waals surface area contributed by atoms with Crippen LogP contribution in [0.25, 0.3) is 21.5 Å². The van der Waals surface area contributed by atoms with E-state index in [0.717, 1.165) is 18.8 Å². The minimum atomic E-state index is 1.04. The summed E-state index contributed by atoms with van der Waals surface area (Å²) in [5, 5.41) is 9.50. The fraction of sp³-hybridized carbons (Fsp3) is 0.238. The van der Waals surface area contributed by atoms with Gasteiger partial charge in [0.2, 0.25) is 0 Å². The highest BCUT2D eigenvalue weighted by Crippen LogP contribution is 2.27. The molecule has 3 aromatic rings. The Balaban J connectivity index is 1.73. The van der Waals surface area contributed by atoms with Crippen LogP contribution in [0.5, 0.6) is 0 Å². The van der Waals surface area contributed by atoms with Gasteiger partial charge in [0.15, 0.2) is 0 Å². The molecule has 0 amide bonds. The van der Waals surface area contributed by atoms with E-state index in [2.05, 4.69) is 70.1 Å². The molecule has 3 heteroatoms. The lowest BCUT2D eigenvalue weighted by molar-refractivity contribution is -0.459. The van der Waals surface area contributed by atoms with E-state index in [9.17, 15) is 0 Å². The molecule has 3 nitrogen and oxygen atoms in total. The van der Waals surface area contributed by atoms with Gasteiger partial charge in [0, 0.05) is 5.56 Å². The van der Waals surface area contributed by atoms with Crippen molar-refractivity contribution in [1.82, 2.24) is 5.43 Å². The highest BCUT2D eigenvalue weighted by molar-refractivity contribution is 6.13. The van der Waals surface area contributed by atoms with E-state index in [0.29, 0.717) is 0 Å². The number of nitrogens with zero attached hydrogens (tertiary/aromatic N) is 1. The molecule has 0 saturated heterocycles. The first-order chi connectivity index (χ1) is 11.9. The fourth-order valence-electron chi connectivity index (χ4n) is 3.39. The molecule has 0 aliphatic carbocycles. The molecule has 3 aromatic carbocycles. The Morgan fingerprint density at radius 2 is 1.58 bits per heavy atom. The number of benzene rings is 3. The summed E-state index contributed by atoms with van der Waals surface area (Å²) in [4.78, 5) is 3.43. The molecule has 0 spiro atoms. The lowest BCUT2D eigenvalue weighted by Gasteiger charge is -2.07. The molecule has 4 rings (SSSR count). The molecule has 120 valence electrons. The van der Waals surface area contributed by atoms with Crippen molar-refractivity contribution in [3.8, 4) is 0 Å². The summed E-state index contributed by atoms with van der Waals surface area (Å²) >= 11 is 0. The molecule has 0 fully saturated rings. The summed E-state index contributed by atoms with van der Waals surface area (Å²) in [5.74, 6) is 1.13. The zero-order valence-corrected chi connectivity index (χ0v) is 13.8. The molecule has 1 aliphatic heterocycles. The third kappa shape index (κ3) is 3.02. The van der Waals surface area contributed by atoms with Crippen LogP contribution in [-0.2, 0) is 0 Å². The highest BCUT2D eigenvalue weighted by atomic mass is 15.3. The van der Waals surface area contributed by atoms with Crippen LogP contribution in [0.4, 0.5) is 0 Å². The monoisotopic (exact) mass is 316 g/mol. The first-order valence-electron chi connectivity index (χ1n) is 8.71. The summed E-state index contributed by atoms with van der Waals surface area (Å²) < 4.78 is 0. The van der Waals surface area contributed by atoms with E-state index in [4.69, 9.17) is 0 Å². The second-order valence-electron chi connectivity index (χ2n) is 6.32. The van der Waals surface area contributed by atoms with Crippen LogP contribution in [0.1, 0.15) is 31.2 Å². The number of hydrogen-bond acceptors (Lipinski definition) is 2. The number of hydrogen-bond donors (Lipinski definition) is 2. The summed E-state index contributed by atoms with van der Waals surface area (Å²) in [6, 6.07) is 19.2. The van der Waals surface area contributed by atoms with Crippen LogP contribution in [-0.4, -0.2) is 18.6 Å². The van der Waals surface area contributed by atoms with E-state index in [-0.39, 0.29) is 0 Å². The Morgan fingerprint density at radius 1 is 0.875 bits per heavy atom. The van der Waals surface area contributed by atoms with Crippen molar-refractivity contribution >= 4 is 33.6 Å². The molecule has 0 atom stereocenters. The number of hydrazone groups is 1. The zero-order valence-electron chi connectivity index (χ0n) is 13.8. The second kappa shape index (κ2) is 6.83. The van der Waals surface area contributed by atoms with E-state index < -0.39 is 0 Å². The van der Waals surface area contributed by atoms with Gasteiger partial charge < -0.3 is 0 Å². The van der Waals surface area contributed by atoms with Gasteiger partial charge in [-0.3, -0.25) is 4.99 Å². The highest BCUT2D eigenvalue weighted by Gasteiger charge is 2.09. The molecule has 0 radical (unpaired) electrons. The Bertz CT molecular complexity index is 871. The second-order valence-corrected chi connectivity index (χ2v) is 6.32. The van der Waals surface area contributed by atoms with E-state index in [1.165, 1.54) is 46.4 Å². The van der Waals surface area contributed by atoms with Gasteiger partial charge in [0.25, 0.3) is 5.84 Å². The fourth-order valence-corrected chi connectivity index (χ4v) is 3.39. The van der Waals surface area contributed by atoms with Crippen molar-refractivity contribution in [2.75, 3.05) is 6.54 Å². The molecule has 0 aromatic heterocycles. The maximum atomic E-state index is 4.53. The van der Waals surface area contributed by atoms with Crippen molar-refractivity contribution in [1.29, 1.82) is 0 Å². The van der Waals surface area contributed by atoms with Crippen LogP contribution in [0.15, 0.2) is 59.7 Å². The van der Waals surface area contributed by atoms with Crippen molar-refractivity contribution in [2.24, 2.45) is 5.10 Å². The van der Waals surface area contributed by atoms with E-state index in [1.807, 2.05) is 6.21 Å². The SMILES string of the molecule is C(=N\NC1=[NH+]CCCCC1)/c1c2ccccc2cc2ccccc12. The van der Waals surface area contributed by atoms with Crippen molar-refractivity contribution in [2.45, 2.75) is 25.7 Å². The minimum Gasteiger partial charge on any atom is -0.277 e. The van der Waals surface area contributed by atoms with Gasteiger partial charge in [-0.1, -0.05) is 53.6 Å². The Morgan fingerprint density at radius 3 is 2.33 bits per heavy atom. The lowest BCUT2D eigenvalue weighted by Crippen LogP contribution is -2.75. The lowest BCUT2D eigenvalue weighted by atomic mass is 9.97. The summed E-state index contributed by atoms with van der Waals surface area (Å²) in [5.41, 5.74) is 4.39. The largest absolute Gasteiger partial charge is 0.277 e. The zero-order chi connectivity index (χ0) is 16.2. The predicted molar refractivity (Wildman–Crippen MR) is 101 cm³/mol. The standard InChI is InChI=1S/C21H21N3/c1-2-12-21(22-13-7-1)24-23-15-20-18-10-5-3-8-16(18)14-17-9-4-6-11-19(17)20/h3-6,8-11,14-15H,1-2,7,12-13H2,(H,22,24)/p+1/b23-15+. The predicted octanol–water partition coefficient (Wildman–Crippen LogP) is 2.97. The van der Waals surface area contributed by atoms with Gasteiger partial charge in [-0.2, -0.15) is 5.43 Å². The van der Waals surface area contributed by atoms with Gasteiger partial charge in [0.05, 0.1) is 19.2 Å². The maximum absolute atomic E-state index is 4.53. The average molecular weight is 316 g/mol. The number of amidine groups is 1. The number of rotatable bonds is 2. The van der Waals surface area contributed by atoms with Gasteiger partial charge in [-0.05, 0) is 46.9 Å². The molecule has 1 aliphatic rings. The van der Waals surface area contributed by atoms with Crippen LogP contribution < -0.4 is 10.4 Å². The number of nitrogens with one attached hydrogen (secondary N) is 2. The van der Waals surface area contributed by atoms with E-state index >= 15 is 0 Å². The van der Waals surface area contributed by atoms with Gasteiger partial charge in [0.1, 0.15) is 0 Å². The van der Waals surface area contributed by atoms with E-state index in [1.54, 1.807) is 0 Å². The van der Waals surface area contributed by atoms with Gasteiger partial charge in [-0.15, -0.1) is 0 Å². The van der Waals surface area contributed by atoms with Crippen molar-refractivity contribution in [3.63, 3.8) is 0 Å². The summed E-state index contributed by atoms with van der Waals surface area (Å²) in [7, 11) is 0. The van der Waals surface area contributed by atoms with Crippen LogP contribution >= 0.6 is 0 Å². The molecular formula is C21H22N3+. The van der Waals surface area contributed by atoms with Crippen LogP contribution in [0.2, 0.25) is 0 Å². The van der Waals surface area contributed by atoms with Crippen molar-refractivity contribution < 1.29 is 4.99 Å². The normalized spacial score (nSPS) is 15.6. The first-order valence-corrected chi connectivity index (χ1v) is 8.71. The van der Waals surface area contributed by atoms with Gasteiger partial charge >= 0.3 is 0 Å². The molecule has 0 bridgehead atoms. The minimum absolute atomic E-state index is 1.04. The summed E-state index contributed by atoms with van der Waals surface area (Å²) in [6.07, 6.45) is 6.76. The molecule has 0 saturated carbocycles. The Labute approximate surface area is 142 Å². The van der Waals surface area contributed by atoms with Crippen molar-refractivity contribution in [3.05, 3.63) is 60.2 Å². The third-order valence-electron chi connectivity index (χ3n) is 4.65. The molecule has 24 heavy (non-hydrogen) atoms. The Kier molecular flexibility index (Phi) is 4.24. The smallest absolute Gasteiger partial charge is 0.267 e. The molecule has 1 heterocycles. The molecule has 2 N–H and O–H groups in total. The quantitative estimate of drug-likeness (QED) is 0.426. The summed E-state index contributed by atoms with van der Waals surface area (Å²) in [6.45, 7) is 1.04. The number of fused-ring (bicyclic) bond motifs is 2. The van der Waals surface area contributed by atoms with Crippen LogP contribution in [0, 0.1) is 0 Å².